The van der Waals surface area contributed by atoms with E-state index in [1.54, 1.807) is 0 Å². The molecule has 0 aliphatic heterocycles. The van der Waals surface area contributed by atoms with Gasteiger partial charge in [0.2, 0.25) is 10.4 Å². The second-order valence-corrected chi connectivity index (χ2v) is 11.4. The largest absolute Gasteiger partial charge is 1.00 e. The standard InChI is InChI=1S/C21H34O7S.Na/c1-4-11-9-15(22)17-12-5-6-14-18(23)19(24)16(28-29(25,26)27)10-21(14,3)13(12)7-8-20(11,17)2;/h4,11-19,22-24H,1,5-10H2,2-3H3,(H,25,26,27);/q;+1/p-1. The molecule has 4 fully saturated rings. The summed E-state index contributed by atoms with van der Waals surface area (Å²) in [5.41, 5.74) is -0.475. The van der Waals surface area contributed by atoms with Gasteiger partial charge in [0.1, 0.15) is 12.2 Å². The van der Waals surface area contributed by atoms with E-state index >= 15 is 0 Å². The van der Waals surface area contributed by atoms with Gasteiger partial charge in [-0.25, -0.2) is 8.42 Å². The summed E-state index contributed by atoms with van der Waals surface area (Å²) in [7, 11) is -4.99. The summed E-state index contributed by atoms with van der Waals surface area (Å²) in [4.78, 5) is 0. The van der Waals surface area contributed by atoms with E-state index in [9.17, 15) is 28.3 Å². The molecule has 166 valence electrons. The topological polar surface area (TPSA) is 127 Å². The van der Waals surface area contributed by atoms with E-state index < -0.39 is 40.2 Å². The molecule has 0 bridgehead atoms. The molecule has 0 aromatic heterocycles. The minimum atomic E-state index is -4.99. The average Bonchev–Trinajstić information content (AvgIpc) is 2.88. The monoisotopic (exact) mass is 452 g/mol. The molecular weight excluding hydrogens is 419 g/mol. The summed E-state index contributed by atoms with van der Waals surface area (Å²) >= 11 is 0. The summed E-state index contributed by atoms with van der Waals surface area (Å²) in [6.45, 7) is 8.27. The number of hydrogen-bond acceptors (Lipinski definition) is 7. The number of fused-ring (bicyclic) bond motifs is 5. The fourth-order valence-electron chi connectivity index (χ4n) is 8.08. The van der Waals surface area contributed by atoms with E-state index in [1.165, 1.54) is 0 Å². The van der Waals surface area contributed by atoms with E-state index in [0.29, 0.717) is 6.42 Å². The van der Waals surface area contributed by atoms with E-state index in [-0.39, 0.29) is 71.0 Å². The van der Waals surface area contributed by atoms with Crippen molar-refractivity contribution < 1.29 is 62.0 Å². The van der Waals surface area contributed by atoms with Crippen molar-refractivity contribution in [1.29, 1.82) is 0 Å². The maximum absolute atomic E-state index is 11.2. The van der Waals surface area contributed by atoms with Gasteiger partial charge in [-0.1, -0.05) is 19.9 Å². The van der Waals surface area contributed by atoms with Gasteiger partial charge in [-0.3, -0.25) is 4.18 Å². The van der Waals surface area contributed by atoms with Crippen LogP contribution in [-0.4, -0.2) is 52.7 Å². The van der Waals surface area contributed by atoms with Crippen molar-refractivity contribution in [2.45, 2.75) is 76.8 Å². The van der Waals surface area contributed by atoms with E-state index in [1.807, 2.05) is 13.0 Å². The fraction of sp³-hybridized carbons (Fsp3) is 0.905. The van der Waals surface area contributed by atoms with Crippen molar-refractivity contribution in [2.75, 3.05) is 0 Å². The van der Waals surface area contributed by atoms with Gasteiger partial charge in [0.05, 0.1) is 12.2 Å². The SMILES string of the molecule is C=CC1CC(O)C2C3CCC4C(O)C(O)C(OS(=O)(=O)[O-])CC4(C)C3CCC12C.[Na+]. The molecule has 0 heterocycles. The molecule has 9 heteroatoms. The maximum Gasteiger partial charge on any atom is 1.00 e. The van der Waals surface area contributed by atoms with Gasteiger partial charge in [0, 0.05) is 0 Å². The number of aliphatic hydroxyl groups is 3. The smallest absolute Gasteiger partial charge is 0.726 e. The van der Waals surface area contributed by atoms with Crippen LogP contribution in [0.3, 0.4) is 0 Å². The van der Waals surface area contributed by atoms with Crippen LogP contribution in [0.5, 0.6) is 0 Å². The van der Waals surface area contributed by atoms with Crippen molar-refractivity contribution in [3.05, 3.63) is 12.7 Å². The van der Waals surface area contributed by atoms with Gasteiger partial charge in [0.25, 0.3) is 0 Å². The third kappa shape index (κ3) is 3.78. The third-order valence-electron chi connectivity index (χ3n) is 9.31. The molecule has 7 nitrogen and oxygen atoms in total. The van der Waals surface area contributed by atoms with Crippen LogP contribution in [0.4, 0.5) is 0 Å². The zero-order valence-electron chi connectivity index (χ0n) is 18.1. The summed E-state index contributed by atoms with van der Waals surface area (Å²) in [5.74, 6) is 0.635. The van der Waals surface area contributed by atoms with Crippen LogP contribution in [0.2, 0.25) is 0 Å². The van der Waals surface area contributed by atoms with Crippen LogP contribution in [-0.2, 0) is 14.6 Å². The Bertz CT molecular complexity index is 775. The minimum Gasteiger partial charge on any atom is -0.726 e. The Kier molecular flexibility index (Phi) is 7.00. The first-order chi connectivity index (χ1) is 13.4. The van der Waals surface area contributed by atoms with Gasteiger partial charge in [-0.2, -0.15) is 0 Å². The van der Waals surface area contributed by atoms with Gasteiger partial charge >= 0.3 is 29.6 Å². The Morgan fingerprint density at radius 1 is 1.07 bits per heavy atom. The fourth-order valence-corrected chi connectivity index (χ4v) is 8.56. The number of allylic oxidation sites excluding steroid dienone is 1. The first kappa shape index (κ1) is 25.1. The van der Waals surface area contributed by atoms with Crippen molar-refractivity contribution >= 4 is 10.4 Å². The molecule has 0 aromatic rings. The van der Waals surface area contributed by atoms with Gasteiger partial charge < -0.3 is 19.9 Å². The van der Waals surface area contributed by atoms with Crippen LogP contribution in [0.15, 0.2) is 12.7 Å². The molecule has 4 rings (SSSR count). The molecule has 4 aliphatic rings. The van der Waals surface area contributed by atoms with Crippen molar-refractivity contribution in [3.63, 3.8) is 0 Å². The predicted octanol–water partition coefficient (Wildman–Crippen LogP) is -1.41. The molecule has 0 spiro atoms. The van der Waals surface area contributed by atoms with Crippen LogP contribution >= 0.6 is 0 Å². The molecule has 4 aliphatic carbocycles. The Balaban J connectivity index is 0.00000256. The second kappa shape index (κ2) is 8.37. The van der Waals surface area contributed by atoms with Gasteiger partial charge in [-0.15, -0.1) is 6.58 Å². The molecule has 3 N–H and O–H groups in total. The maximum atomic E-state index is 11.2. The third-order valence-corrected chi connectivity index (χ3v) is 9.79. The summed E-state index contributed by atoms with van der Waals surface area (Å²) < 4.78 is 38.2. The van der Waals surface area contributed by atoms with Crippen molar-refractivity contribution in [3.8, 4) is 0 Å². The molecule has 11 atom stereocenters. The predicted molar refractivity (Wildman–Crippen MR) is 104 cm³/mol. The van der Waals surface area contributed by atoms with Crippen molar-refractivity contribution in [1.82, 2.24) is 0 Å². The number of hydrogen-bond donors (Lipinski definition) is 3. The minimum absolute atomic E-state index is 0. The van der Waals surface area contributed by atoms with Crippen LogP contribution in [0.25, 0.3) is 0 Å². The molecule has 11 unspecified atom stereocenters. The van der Waals surface area contributed by atoms with Gasteiger partial charge in [0.15, 0.2) is 0 Å². The molecule has 0 amide bonds. The molecule has 0 aromatic carbocycles. The van der Waals surface area contributed by atoms with Crippen molar-refractivity contribution in [2.24, 2.45) is 40.4 Å². The second-order valence-electron chi connectivity index (χ2n) is 10.4. The molecule has 0 saturated heterocycles. The van der Waals surface area contributed by atoms with Crippen LogP contribution < -0.4 is 29.6 Å². The zero-order chi connectivity index (χ0) is 21.4. The summed E-state index contributed by atoms with van der Waals surface area (Å²) in [6.07, 6.45) is 2.12. The normalized spacial score (nSPS) is 53.1. The van der Waals surface area contributed by atoms with E-state index in [2.05, 4.69) is 17.7 Å². The first-order valence-corrected chi connectivity index (χ1v) is 12.1. The first-order valence-electron chi connectivity index (χ1n) is 10.7. The zero-order valence-corrected chi connectivity index (χ0v) is 20.9. The van der Waals surface area contributed by atoms with E-state index in [0.717, 1.165) is 25.7 Å². The molecule has 30 heavy (non-hydrogen) atoms. The molecule has 0 radical (unpaired) electrons. The Morgan fingerprint density at radius 2 is 1.73 bits per heavy atom. The van der Waals surface area contributed by atoms with Crippen LogP contribution in [0.1, 0.15) is 52.4 Å². The number of aliphatic hydroxyl groups excluding tert-OH is 3. The molecule has 4 saturated carbocycles. The van der Waals surface area contributed by atoms with Gasteiger partial charge in [-0.05, 0) is 78.9 Å². The van der Waals surface area contributed by atoms with Crippen LogP contribution in [0, 0.1) is 40.4 Å². The Hall–Kier alpha value is 0.490. The average molecular weight is 453 g/mol. The quantitative estimate of drug-likeness (QED) is 0.208. The summed E-state index contributed by atoms with van der Waals surface area (Å²) in [5, 5.41) is 32.1. The Labute approximate surface area is 201 Å². The Morgan fingerprint density at radius 3 is 2.33 bits per heavy atom. The van der Waals surface area contributed by atoms with E-state index in [4.69, 9.17) is 0 Å². The summed E-state index contributed by atoms with van der Waals surface area (Å²) in [6, 6.07) is 0. The molecular formula is C21H33NaO7S. The number of rotatable bonds is 3.